The van der Waals surface area contributed by atoms with E-state index in [9.17, 15) is 4.79 Å². The minimum atomic E-state index is -0.132. The van der Waals surface area contributed by atoms with E-state index in [0.29, 0.717) is 42.5 Å². The van der Waals surface area contributed by atoms with Crippen molar-refractivity contribution < 1.29 is 9.63 Å². The highest BCUT2D eigenvalue weighted by Crippen LogP contribution is 2.39. The van der Waals surface area contributed by atoms with E-state index < -0.39 is 0 Å². The van der Waals surface area contributed by atoms with Crippen molar-refractivity contribution in [1.29, 1.82) is 0 Å². The van der Waals surface area contributed by atoms with Crippen molar-refractivity contribution in [3.63, 3.8) is 0 Å². The first-order chi connectivity index (χ1) is 14.9. The Bertz CT molecular complexity index is 1050. The molecule has 0 saturated heterocycles. The topological polar surface area (TPSA) is 45.1 Å². The quantitative estimate of drug-likeness (QED) is 0.325. The molecular formula is C24H26Cl3N3O2. The van der Waals surface area contributed by atoms with E-state index in [4.69, 9.17) is 28.0 Å². The van der Waals surface area contributed by atoms with Crippen LogP contribution < -0.4 is 0 Å². The van der Waals surface area contributed by atoms with E-state index in [2.05, 4.69) is 11.2 Å². The lowest BCUT2D eigenvalue weighted by molar-refractivity contribution is -0.124. The number of fused-ring (bicyclic) bond motifs is 2. The number of carbonyl (C=O) groups excluding carboxylic acids is 1. The van der Waals surface area contributed by atoms with Gasteiger partial charge >= 0.3 is 0 Å². The van der Waals surface area contributed by atoms with Crippen molar-refractivity contribution in [2.45, 2.75) is 12.8 Å². The lowest BCUT2D eigenvalue weighted by Gasteiger charge is -2.29. The number of likely N-dealkylation sites (N-methyl/N-ethyl adjacent to an activating group) is 1. The fourth-order valence-electron chi connectivity index (χ4n) is 4.01. The second kappa shape index (κ2) is 10.7. The minimum Gasteiger partial charge on any atom is -0.394 e. The molecule has 1 aliphatic carbocycles. The summed E-state index contributed by atoms with van der Waals surface area (Å²) in [7, 11) is 3.92. The van der Waals surface area contributed by atoms with Crippen LogP contribution in [0, 0.1) is 0 Å². The lowest BCUT2D eigenvalue weighted by atomic mass is 9.98. The van der Waals surface area contributed by atoms with Crippen LogP contribution >= 0.6 is 35.6 Å². The molecular weight excluding hydrogens is 469 g/mol. The summed E-state index contributed by atoms with van der Waals surface area (Å²) in [5, 5.41) is 5.59. The van der Waals surface area contributed by atoms with Crippen molar-refractivity contribution >= 4 is 52.8 Å². The van der Waals surface area contributed by atoms with Crippen LogP contribution in [0.4, 0.5) is 0 Å². The number of amides is 1. The van der Waals surface area contributed by atoms with Gasteiger partial charge in [0.05, 0.1) is 0 Å². The maximum atomic E-state index is 13.5. The molecule has 0 fully saturated rings. The van der Waals surface area contributed by atoms with Crippen LogP contribution in [0.15, 0.2) is 53.2 Å². The van der Waals surface area contributed by atoms with Crippen molar-refractivity contribution in [3.05, 3.63) is 74.8 Å². The number of hydrogen-bond donors (Lipinski definition) is 0. The van der Waals surface area contributed by atoms with Crippen molar-refractivity contribution in [2.75, 3.05) is 40.3 Å². The Kier molecular flexibility index (Phi) is 8.23. The molecule has 0 unspecified atom stereocenters. The third-order valence-electron chi connectivity index (χ3n) is 5.63. The molecule has 0 saturated carbocycles. The molecule has 1 amide bonds. The number of rotatable bonds is 6. The maximum Gasteiger partial charge on any atom is 0.276 e. The third kappa shape index (κ3) is 5.46. The first-order valence-corrected chi connectivity index (χ1v) is 11.1. The van der Waals surface area contributed by atoms with Gasteiger partial charge in [0, 0.05) is 35.2 Å². The molecule has 8 heteroatoms. The molecule has 1 heterocycles. The highest BCUT2D eigenvalue weighted by atomic mass is 35.5. The molecule has 5 nitrogen and oxygen atoms in total. The van der Waals surface area contributed by atoms with Crippen LogP contribution in [0.2, 0.25) is 10.0 Å². The zero-order valence-electron chi connectivity index (χ0n) is 18.1. The summed E-state index contributed by atoms with van der Waals surface area (Å²) in [6, 6.07) is 13.2. The first-order valence-electron chi connectivity index (χ1n) is 10.3. The molecule has 2 aliphatic rings. The predicted molar refractivity (Wildman–Crippen MR) is 133 cm³/mol. The number of carbonyl (C=O) groups is 1. The van der Waals surface area contributed by atoms with Crippen LogP contribution in [0.5, 0.6) is 0 Å². The van der Waals surface area contributed by atoms with Gasteiger partial charge in [-0.25, -0.2) is 0 Å². The van der Waals surface area contributed by atoms with Gasteiger partial charge in [-0.15, -0.1) is 12.4 Å². The molecule has 0 radical (unpaired) electrons. The monoisotopic (exact) mass is 493 g/mol. The average molecular weight is 495 g/mol. The lowest BCUT2D eigenvalue weighted by Crippen LogP contribution is -2.41. The minimum absolute atomic E-state index is 0. The van der Waals surface area contributed by atoms with E-state index in [1.165, 1.54) is 22.3 Å². The summed E-state index contributed by atoms with van der Waals surface area (Å²) < 4.78 is 0. The van der Waals surface area contributed by atoms with Gasteiger partial charge in [0.1, 0.15) is 6.61 Å². The molecule has 2 aromatic carbocycles. The number of nitrogens with zero attached hydrogens (tertiary/aromatic N) is 3. The summed E-state index contributed by atoms with van der Waals surface area (Å²) in [4.78, 5) is 22.8. The summed E-state index contributed by atoms with van der Waals surface area (Å²) in [5.41, 5.74) is 6.11. The number of oxime groups is 1. The van der Waals surface area contributed by atoms with Gasteiger partial charge < -0.3 is 14.6 Å². The molecule has 0 spiro atoms. The second-order valence-corrected chi connectivity index (χ2v) is 8.99. The predicted octanol–water partition coefficient (Wildman–Crippen LogP) is 4.94. The normalized spacial score (nSPS) is 15.4. The Morgan fingerprint density at radius 3 is 2.56 bits per heavy atom. The van der Waals surface area contributed by atoms with Gasteiger partial charge in [0.15, 0.2) is 5.71 Å². The van der Waals surface area contributed by atoms with E-state index in [-0.39, 0.29) is 18.3 Å². The van der Waals surface area contributed by atoms with Gasteiger partial charge in [0.25, 0.3) is 5.91 Å². The summed E-state index contributed by atoms with van der Waals surface area (Å²) in [6.45, 7) is 2.34. The van der Waals surface area contributed by atoms with Gasteiger partial charge in [0.2, 0.25) is 0 Å². The Morgan fingerprint density at radius 1 is 1.12 bits per heavy atom. The highest BCUT2D eigenvalue weighted by Gasteiger charge is 2.31. The SMILES string of the molecule is CN(C)CCO/N=C(/C(=O)N1CCC2=C(Cc3ccc(Cl)cc32)C1)c1ccc(Cl)cc1.Cl. The van der Waals surface area contributed by atoms with Crippen LogP contribution in [0.1, 0.15) is 23.1 Å². The largest absolute Gasteiger partial charge is 0.394 e. The average Bonchev–Trinajstić information content (AvgIpc) is 3.11. The Morgan fingerprint density at radius 2 is 1.84 bits per heavy atom. The smallest absolute Gasteiger partial charge is 0.276 e. The van der Waals surface area contributed by atoms with Crippen molar-refractivity contribution in [1.82, 2.24) is 9.80 Å². The Labute approximate surface area is 205 Å². The number of hydrogen-bond acceptors (Lipinski definition) is 4. The van der Waals surface area contributed by atoms with E-state index >= 15 is 0 Å². The van der Waals surface area contributed by atoms with Crippen LogP contribution in [-0.2, 0) is 16.1 Å². The molecule has 0 bridgehead atoms. The summed E-state index contributed by atoms with van der Waals surface area (Å²) in [5.74, 6) is -0.132. The molecule has 1 aliphatic heterocycles. The Balaban J connectivity index is 0.00000289. The maximum absolute atomic E-state index is 13.5. The molecule has 170 valence electrons. The van der Waals surface area contributed by atoms with Crippen LogP contribution in [-0.4, -0.2) is 61.8 Å². The fraction of sp³-hybridized carbons (Fsp3) is 0.333. The standard InChI is InChI=1S/C24H25Cl2N3O2.ClH/c1-28(2)11-12-31-27-23(16-3-6-19(25)7-4-16)24(30)29-10-9-21-18(15-29)13-17-5-8-20(26)14-22(17)21;/h3-8,14H,9-13,15H2,1-2H3;1H/b27-23+;. The van der Waals surface area contributed by atoms with E-state index in [1.807, 2.05) is 36.0 Å². The number of benzene rings is 2. The van der Waals surface area contributed by atoms with Crippen LogP contribution in [0.3, 0.4) is 0 Å². The van der Waals surface area contributed by atoms with Crippen molar-refractivity contribution in [3.8, 4) is 0 Å². The second-order valence-electron chi connectivity index (χ2n) is 8.12. The summed E-state index contributed by atoms with van der Waals surface area (Å²) >= 11 is 12.2. The highest BCUT2D eigenvalue weighted by molar-refractivity contribution is 6.45. The molecule has 0 N–H and O–H groups in total. The molecule has 0 aromatic heterocycles. The molecule has 0 atom stereocenters. The zero-order valence-corrected chi connectivity index (χ0v) is 20.4. The van der Waals surface area contributed by atoms with E-state index in [1.54, 1.807) is 24.3 Å². The number of halogens is 3. The van der Waals surface area contributed by atoms with Gasteiger partial charge in [-0.2, -0.15) is 0 Å². The van der Waals surface area contributed by atoms with Crippen molar-refractivity contribution in [2.24, 2.45) is 5.16 Å². The molecule has 4 rings (SSSR count). The molecule has 2 aromatic rings. The Hall–Kier alpha value is -2.05. The van der Waals surface area contributed by atoms with Crippen LogP contribution in [0.25, 0.3) is 5.57 Å². The fourth-order valence-corrected chi connectivity index (χ4v) is 4.31. The van der Waals surface area contributed by atoms with Gasteiger partial charge in [-0.1, -0.05) is 46.6 Å². The molecule has 32 heavy (non-hydrogen) atoms. The summed E-state index contributed by atoms with van der Waals surface area (Å²) in [6.07, 6.45) is 1.67. The van der Waals surface area contributed by atoms with Gasteiger partial charge in [-0.05, 0) is 73.5 Å². The van der Waals surface area contributed by atoms with E-state index in [0.717, 1.165) is 17.9 Å². The zero-order chi connectivity index (χ0) is 22.0. The van der Waals surface area contributed by atoms with Gasteiger partial charge in [-0.3, -0.25) is 4.79 Å². The first kappa shape index (κ1) is 24.6. The third-order valence-corrected chi connectivity index (χ3v) is 6.12.